The molecule has 0 saturated heterocycles. The van der Waals surface area contributed by atoms with Crippen LogP contribution >= 0.6 is 11.8 Å². The van der Waals surface area contributed by atoms with Gasteiger partial charge in [0.1, 0.15) is 48.3 Å². The van der Waals surface area contributed by atoms with Crippen LogP contribution in [0.1, 0.15) is 19.8 Å². The van der Waals surface area contributed by atoms with Crippen molar-refractivity contribution in [2.75, 3.05) is 25.5 Å². The molecule has 2 amide bonds. The predicted molar refractivity (Wildman–Crippen MR) is 149 cm³/mol. The molecular weight excluding hydrogens is 578 g/mol. The van der Waals surface area contributed by atoms with E-state index in [1.165, 1.54) is 31.4 Å². The summed E-state index contributed by atoms with van der Waals surface area (Å²) in [5.41, 5.74) is 5.40. The monoisotopic (exact) mass is 609 g/mol. The molecule has 228 valence electrons. The van der Waals surface area contributed by atoms with Gasteiger partial charge in [0.15, 0.2) is 0 Å². The van der Waals surface area contributed by atoms with E-state index in [9.17, 15) is 34.2 Å². The van der Waals surface area contributed by atoms with Gasteiger partial charge >= 0.3 is 17.6 Å². The average Bonchev–Trinajstić information content (AvgIpc) is 3.42. The van der Waals surface area contributed by atoms with E-state index in [4.69, 9.17) is 29.5 Å². The number of ether oxygens (including phenoxy) is 1. The first-order valence-electron chi connectivity index (χ1n) is 12.6. The van der Waals surface area contributed by atoms with E-state index in [2.05, 4.69) is 10.6 Å². The molecule has 4 unspecified atom stereocenters. The predicted octanol–water partition coefficient (Wildman–Crippen LogP) is -0.359. The molecule has 4 atom stereocenters. The van der Waals surface area contributed by atoms with Gasteiger partial charge in [0.05, 0.1) is 28.4 Å². The van der Waals surface area contributed by atoms with Crippen LogP contribution in [0.25, 0.3) is 21.9 Å². The lowest BCUT2D eigenvalue weighted by molar-refractivity contribution is -0.139. The van der Waals surface area contributed by atoms with Gasteiger partial charge in [0.2, 0.25) is 11.8 Å². The number of fused-ring (bicyclic) bond motifs is 2. The number of aliphatic hydroxyl groups excluding tert-OH is 2. The summed E-state index contributed by atoms with van der Waals surface area (Å²) < 4.78 is 15.2. The van der Waals surface area contributed by atoms with Crippen molar-refractivity contribution in [2.45, 2.75) is 42.7 Å². The summed E-state index contributed by atoms with van der Waals surface area (Å²) in [6.07, 6.45) is -0.448. The second-order valence-corrected chi connectivity index (χ2v) is 11.1. The number of nitrogens with two attached hydrogens (primary N) is 1. The Labute approximate surface area is 242 Å². The number of hydrogen-bond acceptors (Lipinski definition) is 12. The van der Waals surface area contributed by atoms with Crippen LogP contribution in [0.4, 0.5) is 0 Å². The van der Waals surface area contributed by atoms with Crippen molar-refractivity contribution in [1.29, 1.82) is 0 Å². The zero-order chi connectivity index (χ0) is 31.0. The Morgan fingerprint density at radius 3 is 2.52 bits per heavy atom. The van der Waals surface area contributed by atoms with Crippen molar-refractivity contribution in [1.82, 2.24) is 10.6 Å². The van der Waals surface area contributed by atoms with Gasteiger partial charge < -0.3 is 50.4 Å². The summed E-state index contributed by atoms with van der Waals surface area (Å²) in [5, 5.41) is 44.6. The number of amides is 2. The second kappa shape index (κ2) is 14.2. The van der Waals surface area contributed by atoms with Gasteiger partial charge in [0, 0.05) is 24.3 Å². The van der Waals surface area contributed by atoms with E-state index in [1.807, 2.05) is 0 Å². The minimum atomic E-state index is -1.34. The van der Waals surface area contributed by atoms with Gasteiger partial charge in [-0.05, 0) is 25.5 Å². The molecule has 0 spiro atoms. The number of benzene rings is 1. The molecule has 0 saturated carbocycles. The lowest BCUT2D eigenvalue weighted by atomic mass is 10.1. The molecule has 42 heavy (non-hydrogen) atoms. The van der Waals surface area contributed by atoms with Crippen LogP contribution < -0.4 is 26.7 Å². The van der Waals surface area contributed by atoms with Crippen LogP contribution in [-0.4, -0.2) is 92.6 Å². The van der Waals surface area contributed by atoms with Crippen molar-refractivity contribution in [3.05, 3.63) is 40.9 Å². The summed E-state index contributed by atoms with van der Waals surface area (Å²) in [6, 6.07) is 3.29. The highest BCUT2D eigenvalue weighted by Gasteiger charge is 2.36. The highest BCUT2D eigenvalue weighted by atomic mass is 32.2. The minimum Gasteiger partial charge on any atom is -0.489 e. The third kappa shape index (κ3) is 8.22. The summed E-state index contributed by atoms with van der Waals surface area (Å²) in [4.78, 5) is 58.6. The topological polar surface area (TPSA) is 252 Å². The van der Waals surface area contributed by atoms with Gasteiger partial charge in [-0.25, -0.2) is 4.79 Å². The summed E-state index contributed by atoms with van der Waals surface area (Å²) >= 11 is 0.920. The number of hydrogen-bond donors (Lipinski definition) is 7. The number of furan rings is 1. The third-order valence-electron chi connectivity index (χ3n) is 6.36. The zero-order valence-electron chi connectivity index (χ0n) is 22.4. The highest BCUT2D eigenvalue weighted by Crippen LogP contribution is 2.36. The molecular formula is C26H31N3O12S. The van der Waals surface area contributed by atoms with Gasteiger partial charge in [-0.1, -0.05) is 0 Å². The fraction of sp³-hybridized carbons (Fsp3) is 0.423. The molecule has 3 rings (SSSR count). The maximum Gasteiger partial charge on any atom is 0.336 e. The molecule has 16 heteroatoms. The van der Waals surface area contributed by atoms with E-state index < -0.39 is 65.5 Å². The molecule has 15 nitrogen and oxygen atoms in total. The van der Waals surface area contributed by atoms with Crippen LogP contribution in [0.15, 0.2) is 44.2 Å². The number of aliphatic hydroxyl groups is 2. The Morgan fingerprint density at radius 1 is 1.14 bits per heavy atom. The molecule has 2 heterocycles. The number of aliphatic carboxylic acids is 2. The quantitative estimate of drug-likeness (QED) is 0.102. The van der Waals surface area contributed by atoms with E-state index in [-0.39, 0.29) is 36.5 Å². The number of carbonyl (C=O) groups excluding carboxylic acids is 2. The Morgan fingerprint density at radius 2 is 1.86 bits per heavy atom. The first-order chi connectivity index (χ1) is 19.8. The van der Waals surface area contributed by atoms with Gasteiger partial charge in [0.25, 0.3) is 0 Å². The van der Waals surface area contributed by atoms with Crippen molar-refractivity contribution in [2.24, 2.45) is 5.73 Å². The SMILES string of the molecule is CC(CO)(SCC(NC(=O)CCC(N)C(=O)O)C(=O)NCC(=O)O)C(O)COc1c2ccoc2cc2oc(=O)ccc12. The Bertz CT molecular complexity index is 1500. The number of carboxylic acid groups (broad SMARTS) is 2. The number of thioether (sulfide) groups is 1. The molecule has 0 radical (unpaired) electrons. The standard InChI is InChI=1S/C26H31N3O12S/c1-26(12-30,42-11-16(24(36)28-9-21(33)34)29-20(32)4-3-15(27)25(37)38)19(31)10-40-23-13-2-5-22(35)41-18(13)8-17-14(23)6-7-39-17/h2,5-8,15-16,19,30-31H,3-4,9-12,27H2,1H3,(H,28,36)(H,29,32)(H,33,34)(H,37,38). The first kappa shape index (κ1) is 32.4. The average molecular weight is 610 g/mol. The number of carbonyl (C=O) groups is 4. The van der Waals surface area contributed by atoms with E-state index >= 15 is 0 Å². The van der Waals surface area contributed by atoms with Crippen LogP contribution in [0, 0.1) is 0 Å². The van der Waals surface area contributed by atoms with Crippen molar-refractivity contribution in [3.63, 3.8) is 0 Å². The van der Waals surface area contributed by atoms with Gasteiger partial charge in [-0.3, -0.25) is 19.2 Å². The molecule has 3 aromatic rings. The number of nitrogens with one attached hydrogen (secondary N) is 2. The van der Waals surface area contributed by atoms with E-state index in [1.54, 1.807) is 6.07 Å². The lowest BCUT2D eigenvalue weighted by Crippen LogP contribution is -2.51. The highest BCUT2D eigenvalue weighted by molar-refractivity contribution is 8.00. The molecule has 0 fully saturated rings. The molecule has 8 N–H and O–H groups in total. The minimum absolute atomic E-state index is 0.198. The summed E-state index contributed by atoms with van der Waals surface area (Å²) in [6.45, 7) is -0.154. The smallest absolute Gasteiger partial charge is 0.336 e. The molecule has 0 aliphatic rings. The maximum absolute atomic E-state index is 12.7. The Kier molecular flexibility index (Phi) is 10.9. The van der Waals surface area contributed by atoms with E-state index in [0.29, 0.717) is 16.4 Å². The molecule has 0 aliphatic carbocycles. The van der Waals surface area contributed by atoms with Crippen molar-refractivity contribution >= 4 is 57.5 Å². The Balaban J connectivity index is 1.73. The Hall–Kier alpha value is -4.12. The first-order valence-corrected chi connectivity index (χ1v) is 13.6. The van der Waals surface area contributed by atoms with Gasteiger partial charge in [-0.2, -0.15) is 0 Å². The fourth-order valence-corrected chi connectivity index (χ4v) is 4.90. The van der Waals surface area contributed by atoms with Crippen LogP contribution in [-0.2, 0) is 19.2 Å². The maximum atomic E-state index is 12.7. The fourth-order valence-electron chi connectivity index (χ4n) is 3.77. The van der Waals surface area contributed by atoms with Gasteiger partial charge in [-0.15, -0.1) is 11.8 Å². The zero-order valence-corrected chi connectivity index (χ0v) is 23.2. The summed E-state index contributed by atoms with van der Waals surface area (Å²) in [7, 11) is 0. The van der Waals surface area contributed by atoms with E-state index in [0.717, 1.165) is 11.8 Å². The number of carboxylic acids is 2. The van der Waals surface area contributed by atoms with Crippen LogP contribution in [0.3, 0.4) is 0 Å². The largest absolute Gasteiger partial charge is 0.489 e. The molecule has 0 bridgehead atoms. The van der Waals surface area contributed by atoms with Crippen LogP contribution in [0.2, 0.25) is 0 Å². The van der Waals surface area contributed by atoms with Crippen molar-refractivity contribution in [3.8, 4) is 5.75 Å². The summed E-state index contributed by atoms with van der Waals surface area (Å²) in [5.74, 6) is -4.11. The molecule has 1 aromatic carbocycles. The third-order valence-corrected chi connectivity index (χ3v) is 7.92. The molecule has 0 aliphatic heterocycles. The normalized spacial score (nSPS) is 15.0. The van der Waals surface area contributed by atoms with Crippen LogP contribution in [0.5, 0.6) is 5.75 Å². The number of rotatable bonds is 16. The van der Waals surface area contributed by atoms with Crippen molar-refractivity contribution < 1.29 is 53.2 Å². The lowest BCUT2D eigenvalue weighted by Gasteiger charge is -2.33. The molecule has 2 aromatic heterocycles. The second-order valence-electron chi connectivity index (χ2n) is 9.53.